The van der Waals surface area contributed by atoms with Crippen LogP contribution in [0.5, 0.6) is 0 Å². The molecule has 0 atom stereocenters. The Hall–Kier alpha value is -2.31. The number of ether oxygens (including phenoxy) is 1. The van der Waals surface area contributed by atoms with E-state index in [-0.39, 0.29) is 5.69 Å². The van der Waals surface area contributed by atoms with E-state index in [1.807, 2.05) is 0 Å². The molecule has 20 heavy (non-hydrogen) atoms. The van der Waals surface area contributed by atoms with Gasteiger partial charge in [0, 0.05) is 25.0 Å². The summed E-state index contributed by atoms with van der Waals surface area (Å²) in [5, 5.41) is 14.4. The van der Waals surface area contributed by atoms with E-state index in [1.54, 1.807) is 26.8 Å². The van der Waals surface area contributed by atoms with Crippen LogP contribution in [0.15, 0.2) is 18.3 Å². The quantitative estimate of drug-likeness (QED) is 0.710. The molecule has 1 amide bonds. The lowest BCUT2D eigenvalue weighted by Gasteiger charge is -2.19. The molecule has 1 aromatic rings. The number of hydrogen-bond donors (Lipinski definition) is 3. The maximum absolute atomic E-state index is 11.4. The molecule has 3 N–H and O–H groups in total. The highest BCUT2D eigenvalue weighted by atomic mass is 16.6. The predicted molar refractivity (Wildman–Crippen MR) is 73.9 cm³/mol. The highest BCUT2D eigenvalue weighted by Crippen LogP contribution is 2.08. The Morgan fingerprint density at radius 1 is 1.35 bits per heavy atom. The van der Waals surface area contributed by atoms with Crippen molar-refractivity contribution in [2.45, 2.75) is 26.4 Å². The van der Waals surface area contributed by atoms with Crippen molar-refractivity contribution in [1.82, 2.24) is 10.3 Å². The molecular formula is C13H19N3O4. The number of nitrogens with zero attached hydrogens (tertiary/aromatic N) is 1. The van der Waals surface area contributed by atoms with Crippen molar-refractivity contribution in [2.24, 2.45) is 0 Å². The van der Waals surface area contributed by atoms with Crippen molar-refractivity contribution in [2.75, 3.05) is 18.4 Å². The fraction of sp³-hybridized carbons (Fsp3) is 0.462. The van der Waals surface area contributed by atoms with Crippen LogP contribution in [0.4, 0.5) is 10.5 Å². The Bertz CT molecular complexity index is 483. The smallest absolute Gasteiger partial charge is 0.407 e. The van der Waals surface area contributed by atoms with E-state index in [0.717, 1.165) is 0 Å². The molecule has 0 saturated carbocycles. The van der Waals surface area contributed by atoms with Crippen LogP contribution in [-0.2, 0) is 4.74 Å². The maximum atomic E-state index is 11.4. The fourth-order valence-corrected chi connectivity index (χ4v) is 1.34. The third-order valence-electron chi connectivity index (χ3n) is 2.10. The lowest BCUT2D eigenvalue weighted by atomic mass is 10.2. The molecular weight excluding hydrogens is 262 g/mol. The number of carbonyl (C=O) groups excluding carboxylic acids is 1. The summed E-state index contributed by atoms with van der Waals surface area (Å²) in [6, 6.07) is 3.08. The number of carboxylic acid groups (broad SMARTS) is 1. The number of carboxylic acids is 1. The second-order valence-corrected chi connectivity index (χ2v) is 5.09. The van der Waals surface area contributed by atoms with Crippen molar-refractivity contribution in [3.63, 3.8) is 0 Å². The van der Waals surface area contributed by atoms with E-state index < -0.39 is 17.7 Å². The molecule has 0 saturated heterocycles. The first-order valence-electron chi connectivity index (χ1n) is 6.18. The van der Waals surface area contributed by atoms with Gasteiger partial charge in [-0.15, -0.1) is 0 Å². The summed E-state index contributed by atoms with van der Waals surface area (Å²) >= 11 is 0. The van der Waals surface area contributed by atoms with Crippen LogP contribution in [0.2, 0.25) is 0 Å². The van der Waals surface area contributed by atoms with Gasteiger partial charge in [0.15, 0.2) is 0 Å². The number of aromatic nitrogens is 1. The summed E-state index contributed by atoms with van der Waals surface area (Å²) in [5.74, 6) is -1.08. The van der Waals surface area contributed by atoms with E-state index >= 15 is 0 Å². The summed E-state index contributed by atoms with van der Waals surface area (Å²) < 4.78 is 5.08. The molecule has 0 unspecified atom stereocenters. The standard InChI is InChI=1S/C13H19N3O4/c1-13(2,3)20-12(19)16-7-6-14-9-4-5-15-10(8-9)11(17)18/h4-5,8H,6-7H2,1-3H3,(H,14,15)(H,16,19)(H,17,18). The molecule has 0 spiro atoms. The third-order valence-corrected chi connectivity index (χ3v) is 2.10. The highest BCUT2D eigenvalue weighted by Gasteiger charge is 2.15. The van der Waals surface area contributed by atoms with E-state index in [1.165, 1.54) is 12.3 Å². The highest BCUT2D eigenvalue weighted by molar-refractivity contribution is 5.86. The molecule has 1 aromatic heterocycles. The Balaban J connectivity index is 2.33. The molecule has 0 fully saturated rings. The Morgan fingerprint density at radius 2 is 2.05 bits per heavy atom. The van der Waals surface area contributed by atoms with Gasteiger partial charge < -0.3 is 20.5 Å². The molecule has 0 aliphatic carbocycles. The molecule has 110 valence electrons. The monoisotopic (exact) mass is 281 g/mol. The van der Waals surface area contributed by atoms with Crippen LogP contribution in [0.1, 0.15) is 31.3 Å². The second-order valence-electron chi connectivity index (χ2n) is 5.09. The molecule has 0 bridgehead atoms. The van der Waals surface area contributed by atoms with Gasteiger partial charge in [-0.1, -0.05) is 0 Å². The molecule has 7 nitrogen and oxygen atoms in total. The fourth-order valence-electron chi connectivity index (χ4n) is 1.34. The third kappa shape index (κ3) is 6.03. The number of aromatic carboxylic acids is 1. The summed E-state index contributed by atoms with van der Waals surface area (Å²) in [6.45, 7) is 6.17. The summed E-state index contributed by atoms with van der Waals surface area (Å²) in [4.78, 5) is 25.8. The van der Waals surface area contributed by atoms with E-state index in [9.17, 15) is 9.59 Å². The summed E-state index contributed by atoms with van der Waals surface area (Å²) in [7, 11) is 0. The van der Waals surface area contributed by atoms with Crippen LogP contribution in [0.3, 0.4) is 0 Å². The lowest BCUT2D eigenvalue weighted by Crippen LogP contribution is -2.35. The first-order valence-corrected chi connectivity index (χ1v) is 6.18. The topological polar surface area (TPSA) is 101 Å². The van der Waals surface area contributed by atoms with Crippen molar-refractivity contribution >= 4 is 17.7 Å². The first kappa shape index (κ1) is 15.7. The number of carbonyl (C=O) groups is 2. The molecule has 1 heterocycles. The molecule has 7 heteroatoms. The van der Waals surface area contributed by atoms with Crippen molar-refractivity contribution in [3.8, 4) is 0 Å². The van der Waals surface area contributed by atoms with E-state index in [2.05, 4.69) is 15.6 Å². The zero-order chi connectivity index (χ0) is 15.2. The predicted octanol–water partition coefficient (Wildman–Crippen LogP) is 1.72. The minimum Gasteiger partial charge on any atom is -0.477 e. The molecule has 0 aliphatic heterocycles. The van der Waals surface area contributed by atoms with Crippen molar-refractivity contribution in [3.05, 3.63) is 24.0 Å². The second kappa shape index (κ2) is 6.74. The van der Waals surface area contributed by atoms with Gasteiger partial charge in [-0.25, -0.2) is 14.6 Å². The largest absolute Gasteiger partial charge is 0.477 e. The number of anilines is 1. The zero-order valence-electron chi connectivity index (χ0n) is 11.8. The van der Waals surface area contributed by atoms with Gasteiger partial charge >= 0.3 is 12.1 Å². The van der Waals surface area contributed by atoms with Gasteiger partial charge in [-0.05, 0) is 32.9 Å². The number of rotatable bonds is 5. The van der Waals surface area contributed by atoms with E-state index in [0.29, 0.717) is 18.8 Å². The van der Waals surface area contributed by atoms with Gasteiger partial charge in [0.25, 0.3) is 0 Å². The van der Waals surface area contributed by atoms with Crippen LogP contribution >= 0.6 is 0 Å². The van der Waals surface area contributed by atoms with Crippen LogP contribution in [0.25, 0.3) is 0 Å². The molecule has 0 aromatic carbocycles. The number of alkyl carbamates (subject to hydrolysis) is 1. The van der Waals surface area contributed by atoms with Crippen LogP contribution in [0, 0.1) is 0 Å². The van der Waals surface area contributed by atoms with Gasteiger partial charge in [0.1, 0.15) is 11.3 Å². The maximum Gasteiger partial charge on any atom is 0.407 e. The SMILES string of the molecule is CC(C)(C)OC(=O)NCCNc1ccnc(C(=O)O)c1. The Labute approximate surface area is 117 Å². The minimum atomic E-state index is -1.08. The average molecular weight is 281 g/mol. The Kier molecular flexibility index (Phi) is 5.31. The normalized spacial score (nSPS) is 10.8. The van der Waals surface area contributed by atoms with Gasteiger partial charge in [-0.3, -0.25) is 0 Å². The van der Waals surface area contributed by atoms with Gasteiger partial charge in [0.05, 0.1) is 0 Å². The summed E-state index contributed by atoms with van der Waals surface area (Å²) in [6.07, 6.45) is 0.924. The Morgan fingerprint density at radius 3 is 2.65 bits per heavy atom. The van der Waals surface area contributed by atoms with Crippen molar-refractivity contribution in [1.29, 1.82) is 0 Å². The zero-order valence-corrected chi connectivity index (χ0v) is 11.8. The first-order chi connectivity index (χ1) is 9.28. The van der Waals surface area contributed by atoms with Crippen LogP contribution < -0.4 is 10.6 Å². The number of nitrogens with one attached hydrogen (secondary N) is 2. The minimum absolute atomic E-state index is 0.0323. The number of pyridine rings is 1. The van der Waals surface area contributed by atoms with Crippen molar-refractivity contribution < 1.29 is 19.4 Å². The summed E-state index contributed by atoms with van der Waals surface area (Å²) in [5.41, 5.74) is 0.0671. The lowest BCUT2D eigenvalue weighted by molar-refractivity contribution is 0.0529. The molecule has 0 radical (unpaired) electrons. The average Bonchev–Trinajstić information content (AvgIpc) is 2.33. The van der Waals surface area contributed by atoms with Crippen LogP contribution in [-0.4, -0.2) is 40.8 Å². The molecule has 1 rings (SSSR count). The molecule has 0 aliphatic rings. The van der Waals surface area contributed by atoms with Gasteiger partial charge in [0.2, 0.25) is 0 Å². The number of amides is 1. The van der Waals surface area contributed by atoms with Gasteiger partial charge in [-0.2, -0.15) is 0 Å². The number of hydrogen-bond acceptors (Lipinski definition) is 5. The van der Waals surface area contributed by atoms with E-state index in [4.69, 9.17) is 9.84 Å².